The molecule has 0 aromatic rings. The zero-order valence-corrected chi connectivity index (χ0v) is 11.4. The van der Waals surface area contributed by atoms with Crippen molar-refractivity contribution >= 4 is 73.1 Å². The minimum atomic E-state index is -6.00. The molecule has 140 valence electrons. The van der Waals surface area contributed by atoms with Gasteiger partial charge in [-0.3, -0.25) is 0 Å². The van der Waals surface area contributed by atoms with Crippen molar-refractivity contribution in [3.05, 3.63) is 0 Å². The second kappa shape index (κ2) is 15.3. The van der Waals surface area contributed by atoms with Crippen molar-refractivity contribution in [1.82, 2.24) is 0 Å². The molecule has 0 bridgehead atoms. The first kappa shape index (κ1) is 31.7. The van der Waals surface area contributed by atoms with Gasteiger partial charge in [0.25, 0.3) is 0 Å². The molecular weight excluding hydrogens is 384 g/mol. The van der Waals surface area contributed by atoms with Crippen LogP contribution in [0.15, 0.2) is 0 Å². The molecule has 1 aliphatic rings. The molecular formula is C7H15B3F12K-3. The summed E-state index contributed by atoms with van der Waals surface area (Å²) in [5, 5.41) is 0. The monoisotopic (exact) mass is 399 g/mol. The van der Waals surface area contributed by atoms with E-state index in [1.807, 2.05) is 0 Å². The molecule has 23 heavy (non-hydrogen) atoms. The molecule has 0 nitrogen and oxygen atoms in total. The third kappa shape index (κ3) is 125. The Morgan fingerprint density at radius 1 is 0.522 bits per heavy atom. The van der Waals surface area contributed by atoms with Gasteiger partial charge in [0.1, 0.15) is 0 Å². The molecule has 0 aromatic heterocycles. The summed E-state index contributed by atoms with van der Waals surface area (Å²) in [7, 11) is -18.0. The van der Waals surface area contributed by atoms with Crippen LogP contribution in [-0.2, 0) is 0 Å². The molecule has 1 aliphatic carbocycles. The fourth-order valence-corrected chi connectivity index (χ4v) is 1.31. The van der Waals surface area contributed by atoms with Crippen molar-refractivity contribution < 1.29 is 51.8 Å². The molecule has 0 aliphatic heterocycles. The maximum atomic E-state index is 9.75. The molecule has 0 heterocycles. The van der Waals surface area contributed by atoms with Crippen LogP contribution in [0.2, 0.25) is 0 Å². The molecule has 16 heteroatoms. The van der Waals surface area contributed by atoms with Crippen LogP contribution < -0.4 is 0 Å². The molecule has 0 radical (unpaired) electrons. The van der Waals surface area contributed by atoms with Gasteiger partial charge in [-0.05, 0) is 5.92 Å². The van der Waals surface area contributed by atoms with Crippen LogP contribution >= 0.6 is 0 Å². The Kier molecular flexibility index (Phi) is 21.1. The van der Waals surface area contributed by atoms with E-state index in [1.165, 1.54) is 32.1 Å². The van der Waals surface area contributed by atoms with Crippen molar-refractivity contribution in [2.75, 3.05) is 0 Å². The van der Waals surface area contributed by atoms with Gasteiger partial charge in [-0.2, -0.15) is 0 Å². The summed E-state index contributed by atoms with van der Waals surface area (Å²) in [6.07, 6.45) is 7.44. The van der Waals surface area contributed by atoms with E-state index >= 15 is 0 Å². The standard InChI is InChI=1S/C7H14.3BF4.K.H/c1-7-5-3-2-4-6-7;3*2-1(3,4)5;;/h7H,2-6H2,1H3;;;;;/q;3*-1;;. The minimum absolute atomic E-state index is 0. The summed E-state index contributed by atoms with van der Waals surface area (Å²) in [5.74, 6) is 1.04. The van der Waals surface area contributed by atoms with Crippen LogP contribution in [0.5, 0.6) is 0 Å². The van der Waals surface area contributed by atoms with E-state index in [0.29, 0.717) is 0 Å². The number of halogens is 12. The van der Waals surface area contributed by atoms with Crippen molar-refractivity contribution in [2.45, 2.75) is 39.0 Å². The molecule has 1 fully saturated rings. The van der Waals surface area contributed by atoms with E-state index < -0.39 is 21.8 Å². The summed E-state index contributed by atoms with van der Waals surface area (Å²) >= 11 is 0. The predicted octanol–water partition coefficient (Wildman–Crippen LogP) is 5.84. The average molecular weight is 399 g/mol. The van der Waals surface area contributed by atoms with Crippen LogP contribution in [0.4, 0.5) is 51.8 Å². The van der Waals surface area contributed by atoms with Gasteiger partial charge in [-0.25, -0.2) is 0 Å². The van der Waals surface area contributed by atoms with Crippen molar-refractivity contribution in [3.8, 4) is 0 Å². The Bertz CT molecular complexity index is 200. The molecule has 1 saturated carbocycles. The van der Waals surface area contributed by atoms with Crippen molar-refractivity contribution in [2.24, 2.45) is 5.92 Å². The summed E-state index contributed by atoms with van der Waals surface area (Å²) < 4.78 is 117. The van der Waals surface area contributed by atoms with Gasteiger partial charge in [-0.15, -0.1) is 0 Å². The molecule has 0 amide bonds. The molecule has 0 unspecified atom stereocenters. The fourth-order valence-electron chi connectivity index (χ4n) is 1.31. The second-order valence-electron chi connectivity index (χ2n) is 4.23. The van der Waals surface area contributed by atoms with Crippen molar-refractivity contribution in [3.63, 3.8) is 0 Å². The zero-order chi connectivity index (χ0) is 18.6. The van der Waals surface area contributed by atoms with E-state index in [2.05, 4.69) is 6.92 Å². The normalized spacial score (nSPS) is 15.5. The van der Waals surface area contributed by atoms with Gasteiger partial charge in [0, 0.05) is 0 Å². The second-order valence-corrected chi connectivity index (χ2v) is 4.23. The number of rotatable bonds is 0. The van der Waals surface area contributed by atoms with E-state index in [4.69, 9.17) is 0 Å². The summed E-state index contributed by atoms with van der Waals surface area (Å²) in [5.41, 5.74) is 0. The van der Waals surface area contributed by atoms with E-state index in [-0.39, 0.29) is 51.4 Å². The van der Waals surface area contributed by atoms with Crippen LogP contribution in [-0.4, -0.2) is 73.1 Å². The Balaban J connectivity index is -0.000000105. The van der Waals surface area contributed by atoms with Gasteiger partial charge >= 0.3 is 73.1 Å². The topological polar surface area (TPSA) is 0 Å². The van der Waals surface area contributed by atoms with Crippen LogP contribution in [0, 0.1) is 5.92 Å². The van der Waals surface area contributed by atoms with Gasteiger partial charge in [-0.1, -0.05) is 39.0 Å². The Morgan fingerprint density at radius 2 is 0.696 bits per heavy atom. The molecule has 0 atom stereocenters. The van der Waals surface area contributed by atoms with Gasteiger partial charge in [0.2, 0.25) is 0 Å². The van der Waals surface area contributed by atoms with Gasteiger partial charge in [0.05, 0.1) is 0 Å². The van der Waals surface area contributed by atoms with Crippen LogP contribution in [0.25, 0.3) is 0 Å². The van der Waals surface area contributed by atoms with Crippen molar-refractivity contribution in [1.29, 1.82) is 0 Å². The molecule has 0 spiro atoms. The first-order valence-electron chi connectivity index (χ1n) is 6.01. The summed E-state index contributed by atoms with van der Waals surface area (Å²) in [6, 6.07) is 0. The summed E-state index contributed by atoms with van der Waals surface area (Å²) in [4.78, 5) is 0. The molecule has 0 N–H and O–H groups in total. The van der Waals surface area contributed by atoms with E-state index in [0.717, 1.165) is 5.92 Å². The SMILES string of the molecule is CC1CCCCC1.F[B-](F)(F)F.F[B-](F)(F)F.F[B-](F)(F)F.[KH]. The average Bonchev–Trinajstić information content (AvgIpc) is 2.09. The quantitative estimate of drug-likeness (QED) is 0.355. The zero-order valence-electron chi connectivity index (χ0n) is 11.4. The molecule has 0 saturated heterocycles. The van der Waals surface area contributed by atoms with E-state index in [9.17, 15) is 51.8 Å². The fraction of sp³-hybridized carbons (Fsp3) is 1.00. The summed E-state index contributed by atoms with van der Waals surface area (Å²) in [6.45, 7) is 2.36. The van der Waals surface area contributed by atoms with E-state index in [1.54, 1.807) is 0 Å². The number of hydrogen-bond donors (Lipinski definition) is 0. The van der Waals surface area contributed by atoms with Crippen LogP contribution in [0.3, 0.4) is 0 Å². The van der Waals surface area contributed by atoms with Gasteiger partial charge in [0.15, 0.2) is 0 Å². The Hall–Kier alpha value is 0.991. The third-order valence-electron chi connectivity index (χ3n) is 1.89. The van der Waals surface area contributed by atoms with Crippen LogP contribution in [0.1, 0.15) is 39.0 Å². The van der Waals surface area contributed by atoms with Gasteiger partial charge < -0.3 is 51.8 Å². The molecule has 0 aromatic carbocycles. The predicted molar refractivity (Wildman–Crippen MR) is 70.0 cm³/mol. The molecule has 1 rings (SSSR count). The number of hydrogen-bond acceptors (Lipinski definition) is 0. The first-order chi connectivity index (χ1) is 9.39. The third-order valence-corrected chi connectivity index (χ3v) is 1.89. The maximum absolute atomic E-state index is 9.75. The first-order valence-corrected chi connectivity index (χ1v) is 6.01. The Morgan fingerprint density at radius 3 is 0.783 bits per heavy atom. The Labute approximate surface area is 168 Å².